The Morgan fingerprint density at radius 2 is 1.41 bits per heavy atom. The molecule has 0 aromatic heterocycles. The second-order valence-electron chi connectivity index (χ2n) is 18.2. The summed E-state index contributed by atoms with van der Waals surface area (Å²) in [5.74, 6) is -3.15. The van der Waals surface area contributed by atoms with Gasteiger partial charge in [-0.15, -0.1) is 0 Å². The summed E-state index contributed by atoms with van der Waals surface area (Å²) in [6, 6.07) is -4.29. The minimum Gasteiger partial charge on any atom is -0.363 e. The number of likely N-dealkylation sites (tertiary alicyclic amines) is 1. The van der Waals surface area contributed by atoms with Crippen molar-refractivity contribution in [2.45, 2.75) is 144 Å². The molecule has 0 bridgehead atoms. The minimum atomic E-state index is -3.50. The highest BCUT2D eigenvalue weighted by Crippen LogP contribution is 2.40. The van der Waals surface area contributed by atoms with E-state index in [-0.39, 0.29) is 41.2 Å². The summed E-state index contributed by atoms with van der Waals surface area (Å²) < 4.78 is 26.5. The van der Waals surface area contributed by atoms with Crippen molar-refractivity contribution in [3.05, 3.63) is 0 Å². The van der Waals surface area contributed by atoms with Gasteiger partial charge in [0.15, 0.2) is 9.84 Å². The summed E-state index contributed by atoms with van der Waals surface area (Å²) in [5, 5.41) is 8.61. The van der Waals surface area contributed by atoms with Crippen LogP contribution in [0, 0.1) is 34.0 Å². The standard InChI is InChI=1S/C36H63N5O7S/c1-34(2,3)21-49(47,48)20-26(23-13-11-10-12-14-23)39-33(46)40-29(36(7,8)9)32(45)41-18-17-24(35(4,5)6)27(41)31(44)38-25(19-22-15-16-22)28(42)30(37)43/h22-27,29H,10-21H2,1-9H3,(H2,37,43)(H,38,44)(H2,39,40,46)/t24?,25?,26-,27?,29-/m1/s1. The van der Waals surface area contributed by atoms with Gasteiger partial charge in [-0.25, -0.2) is 13.2 Å². The van der Waals surface area contributed by atoms with Crippen molar-refractivity contribution in [1.82, 2.24) is 20.9 Å². The zero-order chi connectivity index (χ0) is 37.1. The summed E-state index contributed by atoms with van der Waals surface area (Å²) in [6.07, 6.45) is 7.29. The number of nitrogens with two attached hydrogens (primary N) is 1. The molecular weight excluding hydrogens is 646 g/mol. The Kier molecular flexibility index (Phi) is 13.0. The smallest absolute Gasteiger partial charge is 0.315 e. The fourth-order valence-electron chi connectivity index (χ4n) is 7.60. The lowest BCUT2D eigenvalue weighted by atomic mass is 9.75. The fraction of sp³-hybridized carbons (Fsp3) is 0.861. The van der Waals surface area contributed by atoms with Crippen LogP contribution in [0.3, 0.4) is 0 Å². The van der Waals surface area contributed by atoms with E-state index in [1.165, 1.54) is 4.90 Å². The van der Waals surface area contributed by atoms with Gasteiger partial charge in [-0.3, -0.25) is 19.2 Å². The Morgan fingerprint density at radius 3 is 1.90 bits per heavy atom. The Hall–Kier alpha value is -2.70. The molecule has 5 atom stereocenters. The number of urea groups is 1. The van der Waals surface area contributed by atoms with Crippen LogP contribution in [0.25, 0.3) is 0 Å². The molecule has 5 amide bonds. The Morgan fingerprint density at radius 1 is 0.816 bits per heavy atom. The highest BCUT2D eigenvalue weighted by atomic mass is 32.2. The molecule has 3 rings (SSSR count). The zero-order valence-electron chi connectivity index (χ0n) is 31.3. The highest BCUT2D eigenvalue weighted by Gasteiger charge is 2.50. The number of hydrogen-bond donors (Lipinski definition) is 4. The number of Topliss-reactive ketones (excluding diaryl/α,β-unsaturated/α-hetero) is 1. The van der Waals surface area contributed by atoms with Gasteiger partial charge in [0, 0.05) is 12.6 Å². The molecule has 2 aliphatic carbocycles. The van der Waals surface area contributed by atoms with Crippen molar-refractivity contribution in [2.75, 3.05) is 18.1 Å². The summed E-state index contributed by atoms with van der Waals surface area (Å²) in [4.78, 5) is 68.3. The van der Waals surface area contributed by atoms with Gasteiger partial charge in [-0.1, -0.05) is 94.4 Å². The third kappa shape index (κ3) is 12.0. The third-order valence-electron chi connectivity index (χ3n) is 10.2. The van der Waals surface area contributed by atoms with E-state index in [0.29, 0.717) is 12.8 Å². The molecule has 49 heavy (non-hydrogen) atoms. The Balaban J connectivity index is 1.87. The van der Waals surface area contributed by atoms with Crippen molar-refractivity contribution in [1.29, 1.82) is 0 Å². The average Bonchev–Trinajstić information content (AvgIpc) is 3.64. The van der Waals surface area contributed by atoms with Crippen LogP contribution in [0.4, 0.5) is 4.79 Å². The molecule has 5 N–H and O–H groups in total. The molecule has 0 radical (unpaired) electrons. The van der Waals surface area contributed by atoms with Gasteiger partial charge < -0.3 is 26.6 Å². The lowest BCUT2D eigenvalue weighted by Gasteiger charge is -2.39. The summed E-state index contributed by atoms with van der Waals surface area (Å²) in [7, 11) is -3.50. The van der Waals surface area contributed by atoms with E-state index in [9.17, 15) is 32.4 Å². The maximum atomic E-state index is 14.5. The average molecular weight is 710 g/mol. The quantitative estimate of drug-likeness (QED) is 0.210. The second-order valence-corrected chi connectivity index (χ2v) is 20.4. The molecule has 12 nitrogen and oxygen atoms in total. The number of ketones is 1. The third-order valence-corrected chi connectivity index (χ3v) is 12.4. The first kappa shape index (κ1) is 40.7. The molecule has 2 saturated carbocycles. The molecule has 3 fully saturated rings. The molecular formula is C36H63N5O7S. The minimum absolute atomic E-state index is 0.00364. The van der Waals surface area contributed by atoms with Crippen LogP contribution in [0.2, 0.25) is 0 Å². The van der Waals surface area contributed by atoms with Crippen LogP contribution in [-0.4, -0.2) is 85.1 Å². The monoisotopic (exact) mass is 709 g/mol. The molecule has 1 saturated heterocycles. The topological polar surface area (TPSA) is 185 Å². The molecule has 0 aromatic rings. The maximum absolute atomic E-state index is 14.5. The summed E-state index contributed by atoms with van der Waals surface area (Å²) >= 11 is 0. The van der Waals surface area contributed by atoms with Gasteiger partial charge in [-0.2, -0.15) is 0 Å². The summed E-state index contributed by atoms with van der Waals surface area (Å²) in [5.41, 5.74) is 3.73. The largest absolute Gasteiger partial charge is 0.363 e. The van der Waals surface area contributed by atoms with Gasteiger partial charge in [0.2, 0.25) is 17.6 Å². The maximum Gasteiger partial charge on any atom is 0.315 e. The number of nitrogens with one attached hydrogen (secondary N) is 3. The number of hydrogen-bond acceptors (Lipinski definition) is 7. The number of sulfone groups is 1. The van der Waals surface area contributed by atoms with E-state index in [4.69, 9.17) is 5.73 Å². The van der Waals surface area contributed by atoms with Crippen LogP contribution >= 0.6 is 0 Å². The SMILES string of the molecule is CC(C)(C)CS(=O)(=O)C[C@@H](NC(=O)N[C@H](C(=O)N1CCC(C(C)(C)C)C1C(=O)NC(CC1CC1)C(=O)C(N)=O)C(C)(C)C)C1CCCCC1. The van der Waals surface area contributed by atoms with Crippen molar-refractivity contribution in [3.63, 3.8) is 0 Å². The lowest BCUT2D eigenvalue weighted by molar-refractivity contribution is -0.145. The van der Waals surface area contributed by atoms with E-state index < -0.39 is 74.4 Å². The molecule has 280 valence electrons. The first-order valence-corrected chi connectivity index (χ1v) is 19.9. The molecule has 3 aliphatic rings. The molecule has 3 unspecified atom stereocenters. The second kappa shape index (κ2) is 15.7. The first-order valence-electron chi connectivity index (χ1n) is 18.1. The number of primary amides is 1. The van der Waals surface area contributed by atoms with Gasteiger partial charge in [0.1, 0.15) is 12.1 Å². The molecule has 0 spiro atoms. The van der Waals surface area contributed by atoms with Crippen LogP contribution in [0.1, 0.15) is 120 Å². The number of amides is 5. The molecule has 1 aliphatic heterocycles. The van der Waals surface area contributed by atoms with Crippen LogP contribution in [-0.2, 0) is 29.0 Å². The zero-order valence-corrected chi connectivity index (χ0v) is 32.1. The molecule has 0 aromatic carbocycles. The lowest BCUT2D eigenvalue weighted by Crippen LogP contribution is -2.62. The number of carbonyl (C=O) groups is 5. The van der Waals surface area contributed by atoms with Gasteiger partial charge in [-0.05, 0) is 59.7 Å². The van der Waals surface area contributed by atoms with Crippen molar-refractivity contribution in [2.24, 2.45) is 39.7 Å². The van der Waals surface area contributed by atoms with E-state index >= 15 is 0 Å². The van der Waals surface area contributed by atoms with E-state index in [0.717, 1.165) is 44.9 Å². The van der Waals surface area contributed by atoms with Crippen molar-refractivity contribution in [3.8, 4) is 0 Å². The Bertz CT molecular complexity index is 1330. The van der Waals surface area contributed by atoms with Crippen LogP contribution < -0.4 is 21.7 Å². The predicted octanol–water partition coefficient (Wildman–Crippen LogP) is 3.71. The predicted molar refractivity (Wildman–Crippen MR) is 190 cm³/mol. The number of carbonyl (C=O) groups excluding carboxylic acids is 5. The van der Waals surface area contributed by atoms with E-state index in [1.54, 1.807) is 0 Å². The van der Waals surface area contributed by atoms with E-state index in [2.05, 4.69) is 16.0 Å². The number of rotatable bonds is 13. The first-order chi connectivity index (χ1) is 22.4. The van der Waals surface area contributed by atoms with Gasteiger partial charge in [0.05, 0.1) is 17.5 Å². The van der Waals surface area contributed by atoms with E-state index in [1.807, 2.05) is 62.3 Å². The number of nitrogens with zero attached hydrogens (tertiary/aromatic N) is 1. The van der Waals surface area contributed by atoms with Crippen LogP contribution in [0.15, 0.2) is 0 Å². The van der Waals surface area contributed by atoms with Gasteiger partial charge in [0.25, 0.3) is 5.91 Å². The van der Waals surface area contributed by atoms with Gasteiger partial charge >= 0.3 is 6.03 Å². The summed E-state index contributed by atoms with van der Waals surface area (Å²) in [6.45, 7) is 17.3. The normalized spacial score (nSPS) is 22.9. The van der Waals surface area contributed by atoms with Crippen molar-refractivity contribution < 1.29 is 32.4 Å². The molecule has 13 heteroatoms. The Labute approximate surface area is 294 Å². The highest BCUT2D eigenvalue weighted by molar-refractivity contribution is 7.91. The fourth-order valence-corrected chi connectivity index (χ4v) is 9.94. The van der Waals surface area contributed by atoms with Crippen molar-refractivity contribution >= 4 is 39.4 Å². The molecule has 1 heterocycles. The van der Waals surface area contributed by atoms with Crippen LogP contribution in [0.5, 0.6) is 0 Å².